The summed E-state index contributed by atoms with van der Waals surface area (Å²) in [5, 5.41) is 9.76. The van der Waals surface area contributed by atoms with Gasteiger partial charge in [0.1, 0.15) is 4.90 Å². The molecule has 0 bridgehead atoms. The van der Waals surface area contributed by atoms with Crippen LogP contribution < -0.4 is 10.0 Å². The number of H-pyrrole nitrogens is 1. The Balaban J connectivity index is 2.31. The lowest BCUT2D eigenvalue weighted by atomic mass is 9.76. The van der Waals surface area contributed by atoms with Gasteiger partial charge in [0, 0.05) is 12.1 Å². The van der Waals surface area contributed by atoms with Crippen molar-refractivity contribution < 1.29 is 8.42 Å². The lowest BCUT2D eigenvalue weighted by Crippen LogP contribution is -2.53. The minimum absolute atomic E-state index is 0.251. The van der Waals surface area contributed by atoms with Crippen LogP contribution in [0.1, 0.15) is 44.0 Å². The number of aromatic nitrogens is 2. The van der Waals surface area contributed by atoms with E-state index in [1.807, 2.05) is 6.92 Å². The summed E-state index contributed by atoms with van der Waals surface area (Å²) < 4.78 is 28.0. The van der Waals surface area contributed by atoms with Crippen molar-refractivity contribution in [3.8, 4) is 0 Å². The normalized spacial score (nSPS) is 18.3. The van der Waals surface area contributed by atoms with Gasteiger partial charge in [-0.3, -0.25) is 5.10 Å². The van der Waals surface area contributed by atoms with Crippen LogP contribution in [-0.4, -0.2) is 31.2 Å². The van der Waals surface area contributed by atoms with Gasteiger partial charge in [-0.2, -0.15) is 5.10 Å². The van der Waals surface area contributed by atoms with Crippen LogP contribution in [0.2, 0.25) is 0 Å². The largest absolute Gasteiger partial charge is 0.314 e. The fourth-order valence-electron chi connectivity index (χ4n) is 2.58. The molecule has 0 atom stereocenters. The number of hydrogen-bond donors (Lipinski definition) is 3. The lowest BCUT2D eigenvalue weighted by molar-refractivity contribution is 0.214. The summed E-state index contributed by atoms with van der Waals surface area (Å²) in [7, 11) is -1.74. The number of aromatic amines is 1. The summed E-state index contributed by atoms with van der Waals surface area (Å²) in [5.74, 6) is 0. The van der Waals surface area contributed by atoms with E-state index >= 15 is 0 Å². The Bertz CT molecular complexity index is 541. The molecule has 0 unspecified atom stereocenters. The third-order valence-electron chi connectivity index (χ3n) is 3.91. The summed E-state index contributed by atoms with van der Waals surface area (Å²) in [4.78, 5) is 0.293. The van der Waals surface area contributed by atoms with Crippen molar-refractivity contribution in [2.24, 2.45) is 0 Å². The molecular formula is C12H22N4O2S. The van der Waals surface area contributed by atoms with Crippen LogP contribution in [0.25, 0.3) is 0 Å². The SMILES string of the molecule is CCC1(NS(=O)(=O)c2c(CNC)n[nH]c2C)CCC1. The highest BCUT2D eigenvalue weighted by Crippen LogP contribution is 2.36. The number of rotatable bonds is 6. The number of aryl methyl sites for hydroxylation is 1. The molecule has 0 aromatic carbocycles. The maximum Gasteiger partial charge on any atom is 0.244 e. The molecule has 108 valence electrons. The van der Waals surface area contributed by atoms with Gasteiger partial charge < -0.3 is 5.32 Å². The molecule has 3 N–H and O–H groups in total. The molecule has 1 aromatic heterocycles. The molecule has 0 saturated heterocycles. The van der Waals surface area contributed by atoms with Gasteiger partial charge in [0.05, 0.1) is 11.4 Å². The first-order valence-corrected chi connectivity index (χ1v) is 8.15. The highest BCUT2D eigenvalue weighted by molar-refractivity contribution is 7.89. The molecule has 19 heavy (non-hydrogen) atoms. The van der Waals surface area contributed by atoms with Crippen molar-refractivity contribution >= 4 is 10.0 Å². The van der Waals surface area contributed by atoms with E-state index in [0.29, 0.717) is 22.8 Å². The molecule has 1 aliphatic carbocycles. The molecule has 1 aromatic rings. The minimum Gasteiger partial charge on any atom is -0.314 e. The summed E-state index contributed by atoms with van der Waals surface area (Å²) >= 11 is 0. The van der Waals surface area contributed by atoms with Crippen molar-refractivity contribution in [2.75, 3.05) is 7.05 Å². The van der Waals surface area contributed by atoms with Crippen molar-refractivity contribution in [1.82, 2.24) is 20.2 Å². The standard InChI is InChI=1S/C12H22N4O2S/c1-4-12(6-5-7-12)16-19(17,18)11-9(2)14-15-10(11)8-13-3/h13,16H,4-8H2,1-3H3,(H,14,15). The second-order valence-electron chi connectivity index (χ2n) is 5.25. The average Bonchev–Trinajstić information content (AvgIpc) is 2.66. The molecule has 1 fully saturated rings. The lowest BCUT2D eigenvalue weighted by Gasteiger charge is -2.41. The highest BCUT2D eigenvalue weighted by Gasteiger charge is 2.40. The second kappa shape index (κ2) is 5.22. The molecule has 0 amide bonds. The van der Waals surface area contributed by atoms with Crippen LogP contribution in [0.4, 0.5) is 0 Å². The molecule has 7 heteroatoms. The molecule has 1 aliphatic rings. The number of sulfonamides is 1. The highest BCUT2D eigenvalue weighted by atomic mass is 32.2. The van der Waals surface area contributed by atoms with E-state index in [9.17, 15) is 8.42 Å². The number of nitrogens with zero attached hydrogens (tertiary/aromatic N) is 1. The predicted octanol–water partition coefficient (Wildman–Crippen LogP) is 1.05. The first-order chi connectivity index (χ1) is 8.94. The van der Waals surface area contributed by atoms with E-state index in [1.54, 1.807) is 14.0 Å². The molecule has 0 radical (unpaired) electrons. The quantitative estimate of drug-likeness (QED) is 0.729. The third-order valence-corrected chi connectivity index (χ3v) is 5.69. The number of hydrogen-bond acceptors (Lipinski definition) is 4. The van der Waals surface area contributed by atoms with E-state index in [4.69, 9.17) is 0 Å². The zero-order chi connectivity index (χ0) is 14.1. The first kappa shape index (κ1) is 14.5. The Morgan fingerprint density at radius 1 is 1.42 bits per heavy atom. The van der Waals surface area contributed by atoms with Crippen LogP contribution in [-0.2, 0) is 16.6 Å². The van der Waals surface area contributed by atoms with Crippen LogP contribution in [0.5, 0.6) is 0 Å². The zero-order valence-corrected chi connectivity index (χ0v) is 12.5. The van der Waals surface area contributed by atoms with E-state index in [1.165, 1.54) is 0 Å². The number of nitrogens with one attached hydrogen (secondary N) is 3. The molecular weight excluding hydrogens is 264 g/mol. The summed E-state index contributed by atoms with van der Waals surface area (Å²) in [6.07, 6.45) is 3.75. The summed E-state index contributed by atoms with van der Waals surface area (Å²) in [6.45, 7) is 4.19. The smallest absolute Gasteiger partial charge is 0.244 e. The van der Waals surface area contributed by atoms with Crippen molar-refractivity contribution in [1.29, 1.82) is 0 Å². The van der Waals surface area contributed by atoms with Gasteiger partial charge in [0.25, 0.3) is 0 Å². The van der Waals surface area contributed by atoms with Crippen molar-refractivity contribution in [3.05, 3.63) is 11.4 Å². The minimum atomic E-state index is -3.51. The van der Waals surface area contributed by atoms with Gasteiger partial charge in [-0.25, -0.2) is 13.1 Å². The summed E-state index contributed by atoms with van der Waals surface area (Å²) in [5.41, 5.74) is 0.876. The predicted molar refractivity (Wildman–Crippen MR) is 73.3 cm³/mol. The second-order valence-corrected chi connectivity index (χ2v) is 6.87. The van der Waals surface area contributed by atoms with Crippen LogP contribution in [0.3, 0.4) is 0 Å². The zero-order valence-electron chi connectivity index (χ0n) is 11.7. The van der Waals surface area contributed by atoms with E-state index in [2.05, 4.69) is 20.2 Å². The van der Waals surface area contributed by atoms with Crippen LogP contribution in [0.15, 0.2) is 4.90 Å². The molecule has 6 nitrogen and oxygen atoms in total. The Morgan fingerprint density at radius 3 is 2.58 bits per heavy atom. The topological polar surface area (TPSA) is 86.9 Å². The first-order valence-electron chi connectivity index (χ1n) is 6.66. The van der Waals surface area contributed by atoms with Gasteiger partial charge in [-0.05, 0) is 39.7 Å². The van der Waals surface area contributed by atoms with Crippen LogP contribution in [0, 0.1) is 6.92 Å². The Hall–Kier alpha value is -0.920. The van der Waals surface area contributed by atoms with Gasteiger partial charge in [-0.1, -0.05) is 6.92 Å². The molecule has 1 heterocycles. The van der Waals surface area contributed by atoms with Gasteiger partial charge in [0.15, 0.2) is 0 Å². The third kappa shape index (κ3) is 2.68. The monoisotopic (exact) mass is 286 g/mol. The molecule has 1 saturated carbocycles. The molecule has 0 spiro atoms. The summed E-state index contributed by atoms with van der Waals surface area (Å²) in [6, 6.07) is 0. The average molecular weight is 286 g/mol. The van der Waals surface area contributed by atoms with Crippen LogP contribution >= 0.6 is 0 Å². The molecule has 0 aliphatic heterocycles. The Kier molecular flexibility index (Phi) is 3.98. The van der Waals surface area contributed by atoms with Gasteiger partial charge >= 0.3 is 0 Å². The van der Waals surface area contributed by atoms with E-state index in [-0.39, 0.29) is 5.54 Å². The fourth-order valence-corrected chi connectivity index (χ4v) is 4.48. The maximum absolute atomic E-state index is 12.6. The Morgan fingerprint density at radius 2 is 2.11 bits per heavy atom. The van der Waals surface area contributed by atoms with Crippen molar-refractivity contribution in [2.45, 2.75) is 56.5 Å². The fraction of sp³-hybridized carbons (Fsp3) is 0.750. The van der Waals surface area contributed by atoms with E-state index < -0.39 is 10.0 Å². The maximum atomic E-state index is 12.6. The van der Waals surface area contributed by atoms with E-state index in [0.717, 1.165) is 25.7 Å². The van der Waals surface area contributed by atoms with Crippen molar-refractivity contribution in [3.63, 3.8) is 0 Å². The molecule has 2 rings (SSSR count). The van der Waals surface area contributed by atoms with Gasteiger partial charge in [-0.15, -0.1) is 0 Å². The van der Waals surface area contributed by atoms with Gasteiger partial charge in [0.2, 0.25) is 10.0 Å². The Labute approximate surface area is 114 Å².